The third-order valence-electron chi connectivity index (χ3n) is 2.82. The molecule has 84 valence electrons. The van der Waals surface area contributed by atoms with Gasteiger partial charge in [-0.3, -0.25) is 0 Å². The number of aromatic hydroxyl groups is 1. The Morgan fingerprint density at radius 2 is 1.87 bits per heavy atom. The van der Waals surface area contributed by atoms with Crippen LogP contribution in [0.4, 0.5) is 0 Å². The minimum absolute atomic E-state index is 0.251. The second kappa shape index (κ2) is 5.76. The highest BCUT2D eigenvalue weighted by atomic mass is 16.3. The molecule has 2 nitrogen and oxygen atoms in total. The molecule has 1 rings (SSSR count). The van der Waals surface area contributed by atoms with Gasteiger partial charge in [-0.05, 0) is 25.8 Å². The number of hydrogen-bond acceptors (Lipinski definition) is 2. The van der Waals surface area contributed by atoms with E-state index in [2.05, 4.69) is 26.1 Å². The zero-order chi connectivity index (χ0) is 11.3. The molecule has 1 aromatic carbocycles. The summed E-state index contributed by atoms with van der Waals surface area (Å²) in [5, 5.41) is 13.3. The molecule has 15 heavy (non-hydrogen) atoms. The van der Waals surface area contributed by atoms with E-state index in [0.29, 0.717) is 11.8 Å². The van der Waals surface area contributed by atoms with Crippen molar-refractivity contribution < 1.29 is 5.11 Å². The van der Waals surface area contributed by atoms with Crippen molar-refractivity contribution in [2.24, 2.45) is 0 Å². The SMILES string of the molecule is CC[C@@H](C)N[C@H](CC)c1ccccc1O. The fourth-order valence-corrected chi connectivity index (χ4v) is 1.67. The summed E-state index contributed by atoms with van der Waals surface area (Å²) in [4.78, 5) is 0. The van der Waals surface area contributed by atoms with Crippen LogP contribution in [0.2, 0.25) is 0 Å². The summed E-state index contributed by atoms with van der Waals surface area (Å²) in [6.07, 6.45) is 2.09. The lowest BCUT2D eigenvalue weighted by Gasteiger charge is -2.22. The van der Waals surface area contributed by atoms with Gasteiger partial charge in [-0.1, -0.05) is 32.0 Å². The van der Waals surface area contributed by atoms with Gasteiger partial charge in [-0.25, -0.2) is 0 Å². The third-order valence-corrected chi connectivity index (χ3v) is 2.82. The van der Waals surface area contributed by atoms with Crippen LogP contribution in [0.25, 0.3) is 0 Å². The van der Waals surface area contributed by atoms with Gasteiger partial charge in [0.05, 0.1) is 0 Å². The average Bonchev–Trinajstić information content (AvgIpc) is 2.26. The van der Waals surface area contributed by atoms with E-state index in [-0.39, 0.29) is 6.04 Å². The number of rotatable bonds is 5. The molecular weight excluding hydrogens is 186 g/mol. The summed E-state index contributed by atoms with van der Waals surface area (Å²) in [5.41, 5.74) is 1.00. The van der Waals surface area contributed by atoms with Gasteiger partial charge in [0, 0.05) is 17.6 Å². The first kappa shape index (κ1) is 12.1. The first-order valence-corrected chi connectivity index (χ1v) is 5.73. The maximum atomic E-state index is 9.76. The van der Waals surface area contributed by atoms with E-state index in [1.165, 1.54) is 0 Å². The molecule has 0 bridgehead atoms. The second-order valence-electron chi connectivity index (χ2n) is 4.00. The standard InChI is InChI=1S/C13H21NO/c1-4-10(3)14-12(5-2)11-8-6-7-9-13(11)15/h6-10,12,14-15H,4-5H2,1-3H3/t10-,12-/m1/s1. The number of phenolic OH excluding ortho intramolecular Hbond substituents is 1. The Morgan fingerprint density at radius 1 is 1.20 bits per heavy atom. The molecule has 0 heterocycles. The lowest BCUT2D eigenvalue weighted by atomic mass is 10.0. The highest BCUT2D eigenvalue weighted by molar-refractivity contribution is 5.34. The van der Waals surface area contributed by atoms with Crippen LogP contribution in [0.3, 0.4) is 0 Å². The van der Waals surface area contributed by atoms with Crippen molar-refractivity contribution in [1.82, 2.24) is 5.32 Å². The van der Waals surface area contributed by atoms with E-state index in [1.54, 1.807) is 6.07 Å². The highest BCUT2D eigenvalue weighted by Crippen LogP contribution is 2.26. The Hall–Kier alpha value is -1.02. The molecule has 0 unspecified atom stereocenters. The summed E-state index contributed by atoms with van der Waals surface area (Å²) in [7, 11) is 0. The molecule has 0 aliphatic rings. The monoisotopic (exact) mass is 207 g/mol. The van der Waals surface area contributed by atoms with Crippen LogP contribution >= 0.6 is 0 Å². The summed E-state index contributed by atoms with van der Waals surface area (Å²) >= 11 is 0. The fourth-order valence-electron chi connectivity index (χ4n) is 1.67. The first-order chi connectivity index (χ1) is 7.19. The molecule has 0 fully saturated rings. The highest BCUT2D eigenvalue weighted by Gasteiger charge is 2.14. The zero-order valence-corrected chi connectivity index (χ0v) is 9.83. The van der Waals surface area contributed by atoms with Crippen molar-refractivity contribution in [3.05, 3.63) is 29.8 Å². The van der Waals surface area contributed by atoms with Crippen molar-refractivity contribution in [1.29, 1.82) is 0 Å². The number of benzene rings is 1. The Labute approximate surface area is 92.3 Å². The largest absolute Gasteiger partial charge is 0.508 e. The minimum Gasteiger partial charge on any atom is -0.508 e. The molecule has 1 aromatic rings. The van der Waals surface area contributed by atoms with Gasteiger partial charge in [0.25, 0.3) is 0 Å². The summed E-state index contributed by atoms with van der Waals surface area (Å²) in [5.74, 6) is 0.389. The quantitative estimate of drug-likeness (QED) is 0.777. The van der Waals surface area contributed by atoms with Crippen molar-refractivity contribution >= 4 is 0 Å². The normalized spacial score (nSPS) is 14.9. The maximum Gasteiger partial charge on any atom is 0.120 e. The van der Waals surface area contributed by atoms with Crippen LogP contribution < -0.4 is 5.32 Å². The van der Waals surface area contributed by atoms with E-state index in [1.807, 2.05) is 18.2 Å². The summed E-state index contributed by atoms with van der Waals surface area (Å²) in [6, 6.07) is 8.29. The Kier molecular flexibility index (Phi) is 4.63. The molecule has 0 saturated carbocycles. The third kappa shape index (κ3) is 3.24. The van der Waals surface area contributed by atoms with Gasteiger partial charge in [-0.15, -0.1) is 0 Å². The predicted molar refractivity (Wildman–Crippen MR) is 64.0 cm³/mol. The van der Waals surface area contributed by atoms with Crippen molar-refractivity contribution in [2.75, 3.05) is 0 Å². The minimum atomic E-state index is 0.251. The van der Waals surface area contributed by atoms with E-state index in [0.717, 1.165) is 18.4 Å². The van der Waals surface area contributed by atoms with Gasteiger partial charge in [-0.2, -0.15) is 0 Å². The summed E-state index contributed by atoms with van der Waals surface area (Å²) in [6.45, 7) is 6.46. The van der Waals surface area contributed by atoms with Crippen LogP contribution in [0.5, 0.6) is 5.75 Å². The fraction of sp³-hybridized carbons (Fsp3) is 0.538. The second-order valence-corrected chi connectivity index (χ2v) is 4.00. The molecule has 0 aromatic heterocycles. The van der Waals surface area contributed by atoms with Gasteiger partial charge in [0.2, 0.25) is 0 Å². The van der Waals surface area contributed by atoms with Gasteiger partial charge in [0.15, 0.2) is 0 Å². The molecule has 0 saturated heterocycles. The van der Waals surface area contributed by atoms with Crippen LogP contribution in [-0.2, 0) is 0 Å². The van der Waals surface area contributed by atoms with Crippen molar-refractivity contribution in [3.63, 3.8) is 0 Å². The Balaban J connectivity index is 2.78. The average molecular weight is 207 g/mol. The molecule has 0 radical (unpaired) electrons. The van der Waals surface area contributed by atoms with Gasteiger partial charge >= 0.3 is 0 Å². The number of hydrogen-bond donors (Lipinski definition) is 2. The lowest BCUT2D eigenvalue weighted by Crippen LogP contribution is -2.29. The molecule has 0 aliphatic heterocycles. The maximum absolute atomic E-state index is 9.76. The van der Waals surface area contributed by atoms with E-state index in [9.17, 15) is 5.11 Å². The van der Waals surface area contributed by atoms with Gasteiger partial charge in [0.1, 0.15) is 5.75 Å². The van der Waals surface area contributed by atoms with E-state index >= 15 is 0 Å². The lowest BCUT2D eigenvalue weighted by molar-refractivity contribution is 0.410. The molecule has 2 atom stereocenters. The van der Waals surface area contributed by atoms with Crippen molar-refractivity contribution in [2.45, 2.75) is 45.7 Å². The van der Waals surface area contributed by atoms with Gasteiger partial charge < -0.3 is 10.4 Å². The molecule has 0 amide bonds. The first-order valence-electron chi connectivity index (χ1n) is 5.73. The molecule has 0 spiro atoms. The van der Waals surface area contributed by atoms with Crippen LogP contribution in [0.15, 0.2) is 24.3 Å². The van der Waals surface area contributed by atoms with Crippen LogP contribution in [0, 0.1) is 0 Å². The topological polar surface area (TPSA) is 32.3 Å². The Bertz CT molecular complexity index is 298. The molecule has 2 N–H and O–H groups in total. The van der Waals surface area contributed by atoms with E-state index < -0.39 is 0 Å². The Morgan fingerprint density at radius 3 is 2.40 bits per heavy atom. The zero-order valence-electron chi connectivity index (χ0n) is 9.83. The number of phenols is 1. The smallest absolute Gasteiger partial charge is 0.120 e. The molecule has 2 heteroatoms. The number of para-hydroxylation sites is 1. The molecule has 0 aliphatic carbocycles. The number of nitrogens with one attached hydrogen (secondary N) is 1. The van der Waals surface area contributed by atoms with Crippen molar-refractivity contribution in [3.8, 4) is 5.75 Å². The van der Waals surface area contributed by atoms with Crippen LogP contribution in [0.1, 0.15) is 45.2 Å². The predicted octanol–water partition coefficient (Wildman–Crippen LogP) is 3.23. The molecular formula is C13H21NO. The van der Waals surface area contributed by atoms with Crippen LogP contribution in [-0.4, -0.2) is 11.1 Å². The van der Waals surface area contributed by atoms with E-state index in [4.69, 9.17) is 0 Å². The summed E-state index contributed by atoms with van der Waals surface area (Å²) < 4.78 is 0.